The lowest BCUT2D eigenvalue weighted by atomic mass is 10.3. The number of benzene rings is 3. The lowest BCUT2D eigenvalue weighted by Crippen LogP contribution is -2.22. The van der Waals surface area contributed by atoms with Gasteiger partial charge >= 0.3 is 0 Å². The maximum absolute atomic E-state index is 13.9. The molecule has 0 radical (unpaired) electrons. The maximum Gasteiger partial charge on any atom is 0.264 e. The smallest absolute Gasteiger partial charge is 0.264 e. The van der Waals surface area contributed by atoms with Crippen LogP contribution in [0.4, 0.5) is 25.8 Å². The van der Waals surface area contributed by atoms with Crippen LogP contribution in [0.2, 0.25) is 0 Å². The van der Waals surface area contributed by atoms with Crippen molar-refractivity contribution in [2.24, 2.45) is 0 Å². The zero-order valence-corrected chi connectivity index (χ0v) is 19.3. The molecule has 3 aromatic carbocycles. The molecule has 3 aromatic rings. The Kier molecular flexibility index (Phi) is 7.67. The Bertz CT molecular complexity index is 1250. The van der Waals surface area contributed by atoms with E-state index in [1.165, 1.54) is 25.3 Å². The van der Waals surface area contributed by atoms with Gasteiger partial charge in [0.05, 0.1) is 25.1 Å². The van der Waals surface area contributed by atoms with Crippen molar-refractivity contribution in [1.29, 1.82) is 0 Å². The second kappa shape index (κ2) is 10.5. The Morgan fingerprint density at radius 1 is 0.939 bits per heavy atom. The molecule has 0 aromatic heterocycles. The van der Waals surface area contributed by atoms with E-state index in [2.05, 4.69) is 15.4 Å². The molecule has 0 amide bonds. The first-order valence-corrected chi connectivity index (χ1v) is 11.6. The van der Waals surface area contributed by atoms with Gasteiger partial charge in [-0.1, -0.05) is 0 Å². The molecule has 0 saturated heterocycles. The van der Waals surface area contributed by atoms with Gasteiger partial charge in [-0.15, -0.1) is 0 Å². The molecule has 0 unspecified atom stereocenters. The summed E-state index contributed by atoms with van der Waals surface area (Å²) in [6, 6.07) is 13.7. The van der Waals surface area contributed by atoms with E-state index >= 15 is 0 Å². The van der Waals surface area contributed by atoms with Gasteiger partial charge in [-0.25, -0.2) is 17.2 Å². The van der Waals surface area contributed by atoms with Crippen molar-refractivity contribution in [2.75, 3.05) is 29.1 Å². The minimum Gasteiger partial charge on any atom is -0.497 e. The number of nitrogens with one attached hydrogen (secondary N) is 3. The Balaban J connectivity index is 1.85. The van der Waals surface area contributed by atoms with Gasteiger partial charge in [0.2, 0.25) is 0 Å². The largest absolute Gasteiger partial charge is 0.497 e. The fourth-order valence-corrected chi connectivity index (χ4v) is 4.27. The number of anilines is 3. The van der Waals surface area contributed by atoms with Gasteiger partial charge in [-0.3, -0.25) is 4.72 Å². The van der Waals surface area contributed by atoms with Crippen molar-refractivity contribution in [2.45, 2.75) is 11.8 Å². The molecule has 0 spiro atoms. The van der Waals surface area contributed by atoms with Gasteiger partial charge in [0.25, 0.3) is 10.0 Å². The lowest BCUT2D eigenvalue weighted by molar-refractivity contribution is 0.340. The Morgan fingerprint density at radius 3 is 2.21 bits per heavy atom. The van der Waals surface area contributed by atoms with Crippen LogP contribution in [0.25, 0.3) is 0 Å². The number of thiocarbonyl (C=S) groups is 1. The van der Waals surface area contributed by atoms with E-state index in [-0.39, 0.29) is 21.4 Å². The summed E-state index contributed by atoms with van der Waals surface area (Å²) in [5.41, 5.74) is 0.370. The summed E-state index contributed by atoms with van der Waals surface area (Å²) in [6.45, 7) is 2.33. The molecule has 0 bridgehead atoms. The van der Waals surface area contributed by atoms with Crippen LogP contribution < -0.4 is 24.8 Å². The molecular weight excluding hydrogens is 472 g/mol. The van der Waals surface area contributed by atoms with Crippen LogP contribution >= 0.6 is 12.2 Å². The normalized spacial score (nSPS) is 10.9. The van der Waals surface area contributed by atoms with Crippen LogP contribution in [0.1, 0.15) is 6.92 Å². The number of hydrogen-bond acceptors (Lipinski definition) is 5. The topological polar surface area (TPSA) is 88.7 Å². The van der Waals surface area contributed by atoms with E-state index in [0.29, 0.717) is 29.9 Å². The molecule has 3 rings (SSSR count). The second-order valence-corrected chi connectivity index (χ2v) is 8.69. The fraction of sp³-hybridized carbons (Fsp3) is 0.136. The number of hydrogen-bond donors (Lipinski definition) is 3. The van der Waals surface area contributed by atoms with Crippen molar-refractivity contribution in [3.8, 4) is 11.5 Å². The zero-order chi connectivity index (χ0) is 24.0. The highest BCUT2D eigenvalue weighted by Gasteiger charge is 2.21. The van der Waals surface area contributed by atoms with Crippen LogP contribution in [0, 0.1) is 11.6 Å². The standard InChI is InChI=1S/C22H21F2N3O4S2/c1-3-31-16-7-5-15(6-8-16)27-33(28,29)21-13-17(30-2)9-11-20(21)26-22(32)25-19-10-4-14(23)12-18(19)24/h4-13,27H,3H2,1-2H3,(H2,25,26,32). The minimum atomic E-state index is -4.08. The average molecular weight is 494 g/mol. The first-order chi connectivity index (χ1) is 15.7. The fourth-order valence-electron chi connectivity index (χ4n) is 2.82. The highest BCUT2D eigenvalue weighted by atomic mass is 32.2. The Morgan fingerprint density at radius 2 is 1.58 bits per heavy atom. The zero-order valence-electron chi connectivity index (χ0n) is 17.7. The lowest BCUT2D eigenvalue weighted by Gasteiger charge is -2.17. The predicted molar refractivity (Wildman–Crippen MR) is 128 cm³/mol. The molecule has 3 N–H and O–H groups in total. The monoisotopic (exact) mass is 493 g/mol. The highest BCUT2D eigenvalue weighted by Crippen LogP contribution is 2.29. The van der Waals surface area contributed by atoms with Crippen molar-refractivity contribution < 1.29 is 26.7 Å². The molecule has 0 aliphatic rings. The summed E-state index contributed by atoms with van der Waals surface area (Å²) in [5, 5.41) is 5.22. The van der Waals surface area contributed by atoms with Gasteiger partial charge in [0.15, 0.2) is 5.11 Å². The van der Waals surface area contributed by atoms with E-state index in [1.54, 1.807) is 30.3 Å². The summed E-state index contributed by atoms with van der Waals surface area (Å²) < 4.78 is 66.3. The van der Waals surface area contributed by atoms with Gasteiger partial charge in [0.1, 0.15) is 28.0 Å². The molecule has 33 heavy (non-hydrogen) atoms. The Hall–Kier alpha value is -3.44. The molecule has 0 fully saturated rings. The minimum absolute atomic E-state index is 0.0701. The summed E-state index contributed by atoms with van der Waals surface area (Å²) in [5.74, 6) is -0.676. The Labute approximate surface area is 195 Å². The van der Waals surface area contributed by atoms with Crippen LogP contribution in [0.15, 0.2) is 65.6 Å². The van der Waals surface area contributed by atoms with Crippen molar-refractivity contribution in [3.05, 3.63) is 72.3 Å². The van der Waals surface area contributed by atoms with Crippen LogP contribution in [-0.2, 0) is 10.0 Å². The van der Waals surface area contributed by atoms with E-state index in [4.69, 9.17) is 21.7 Å². The molecule has 0 atom stereocenters. The summed E-state index contributed by atoms with van der Waals surface area (Å²) in [6.07, 6.45) is 0. The molecular formula is C22H21F2N3O4S2. The third-order valence-corrected chi connectivity index (χ3v) is 5.95. The summed E-state index contributed by atoms with van der Waals surface area (Å²) in [7, 11) is -2.67. The van der Waals surface area contributed by atoms with Gasteiger partial charge in [-0.05, 0) is 67.7 Å². The van der Waals surface area contributed by atoms with Gasteiger partial charge < -0.3 is 20.1 Å². The highest BCUT2D eigenvalue weighted by molar-refractivity contribution is 7.93. The van der Waals surface area contributed by atoms with E-state index < -0.39 is 21.7 Å². The van der Waals surface area contributed by atoms with Crippen LogP contribution in [0.3, 0.4) is 0 Å². The number of ether oxygens (including phenoxy) is 2. The number of rotatable bonds is 8. The van der Waals surface area contributed by atoms with Crippen molar-refractivity contribution >= 4 is 44.4 Å². The molecule has 0 saturated carbocycles. The number of methoxy groups -OCH3 is 1. The predicted octanol–water partition coefficient (Wildman–Crippen LogP) is 4.98. The van der Waals surface area contributed by atoms with Crippen LogP contribution in [-0.4, -0.2) is 27.2 Å². The third-order valence-electron chi connectivity index (χ3n) is 4.32. The molecule has 7 nitrogen and oxygen atoms in total. The SMILES string of the molecule is CCOc1ccc(NS(=O)(=O)c2cc(OC)ccc2NC(=S)Nc2ccc(F)cc2F)cc1. The number of sulfonamides is 1. The van der Waals surface area contributed by atoms with E-state index in [0.717, 1.165) is 6.07 Å². The average Bonchev–Trinajstić information content (AvgIpc) is 2.77. The molecule has 174 valence electrons. The third kappa shape index (κ3) is 6.30. The van der Waals surface area contributed by atoms with Gasteiger partial charge in [0, 0.05) is 17.8 Å². The first kappa shape index (κ1) is 24.2. The second-order valence-electron chi connectivity index (χ2n) is 6.63. The maximum atomic E-state index is 13.9. The quantitative estimate of drug-likeness (QED) is 0.381. The summed E-state index contributed by atoms with van der Waals surface area (Å²) in [4.78, 5) is -0.153. The van der Waals surface area contributed by atoms with E-state index in [1.807, 2.05) is 6.92 Å². The molecule has 0 heterocycles. The number of halogens is 2. The van der Waals surface area contributed by atoms with E-state index in [9.17, 15) is 17.2 Å². The van der Waals surface area contributed by atoms with Crippen molar-refractivity contribution in [1.82, 2.24) is 0 Å². The first-order valence-electron chi connectivity index (χ1n) is 9.68. The van der Waals surface area contributed by atoms with Gasteiger partial charge in [-0.2, -0.15) is 0 Å². The van der Waals surface area contributed by atoms with Crippen LogP contribution in [0.5, 0.6) is 11.5 Å². The molecule has 11 heteroatoms. The van der Waals surface area contributed by atoms with Crippen molar-refractivity contribution in [3.63, 3.8) is 0 Å². The molecule has 0 aliphatic heterocycles. The summed E-state index contributed by atoms with van der Waals surface area (Å²) >= 11 is 5.18. The molecule has 0 aliphatic carbocycles.